The second-order valence-corrected chi connectivity index (χ2v) is 7.36. The first-order valence-corrected chi connectivity index (χ1v) is 9.90. The number of benzene rings is 1. The Hall–Kier alpha value is -2.55. The predicted octanol–water partition coefficient (Wildman–Crippen LogP) is 0.674. The van der Waals surface area contributed by atoms with Gasteiger partial charge < -0.3 is 20.1 Å². The van der Waals surface area contributed by atoms with E-state index in [4.69, 9.17) is 5.73 Å². The minimum absolute atomic E-state index is 0.106. The molecule has 1 aliphatic heterocycles. The smallest absolute Gasteiger partial charge is 0.233 e. The fraction of sp³-hybridized carbons (Fsp3) is 0.444. The number of carbonyl (C=O) groups is 2. The number of para-hydroxylation sites is 1. The van der Waals surface area contributed by atoms with Gasteiger partial charge >= 0.3 is 0 Å². The number of amides is 2. The van der Waals surface area contributed by atoms with Crippen LogP contribution in [0.4, 0.5) is 5.69 Å². The van der Waals surface area contributed by atoms with Crippen molar-refractivity contribution in [2.75, 3.05) is 36.8 Å². The number of thioether (sulfide) groups is 1. The molecular weight excluding hydrogens is 364 g/mol. The third-order valence-electron chi connectivity index (χ3n) is 4.60. The number of hydrogen-bond donors (Lipinski definition) is 1. The van der Waals surface area contributed by atoms with Gasteiger partial charge in [0.15, 0.2) is 5.16 Å². The fourth-order valence-corrected chi connectivity index (χ4v) is 3.83. The Bertz CT molecular complexity index is 786. The topological polar surface area (TPSA) is 97.3 Å². The highest BCUT2D eigenvalue weighted by molar-refractivity contribution is 7.99. The van der Waals surface area contributed by atoms with E-state index < -0.39 is 0 Å². The molecule has 2 aromatic rings. The standard InChI is InChI=1S/C18H24N6O2S/c1-22-16(8-7-15(19)25)20-21-18(22)27-13-17(26)24-11-9-23(10-12-24)14-5-3-2-4-6-14/h2-6H,7-13H2,1H3,(H2,19,25). The molecule has 9 heteroatoms. The zero-order valence-electron chi connectivity index (χ0n) is 15.4. The highest BCUT2D eigenvalue weighted by Gasteiger charge is 2.22. The average Bonchev–Trinajstić information content (AvgIpc) is 3.05. The zero-order chi connectivity index (χ0) is 19.2. The molecule has 0 bridgehead atoms. The third-order valence-corrected chi connectivity index (χ3v) is 5.60. The number of nitrogens with zero attached hydrogens (tertiary/aromatic N) is 5. The van der Waals surface area contributed by atoms with Gasteiger partial charge in [0.2, 0.25) is 11.8 Å². The summed E-state index contributed by atoms with van der Waals surface area (Å²) in [6, 6.07) is 10.3. The number of rotatable bonds is 7. The number of hydrogen-bond acceptors (Lipinski definition) is 6. The number of nitrogens with two attached hydrogens (primary N) is 1. The van der Waals surface area contributed by atoms with Gasteiger partial charge in [-0.2, -0.15) is 0 Å². The summed E-state index contributed by atoms with van der Waals surface area (Å²) in [7, 11) is 1.84. The molecule has 27 heavy (non-hydrogen) atoms. The number of piperazine rings is 1. The van der Waals surface area contributed by atoms with E-state index in [1.54, 1.807) is 0 Å². The molecule has 1 aromatic carbocycles. The highest BCUT2D eigenvalue weighted by atomic mass is 32.2. The van der Waals surface area contributed by atoms with E-state index in [-0.39, 0.29) is 18.2 Å². The molecule has 144 valence electrons. The lowest BCUT2D eigenvalue weighted by molar-refractivity contribution is -0.128. The molecular formula is C18H24N6O2S. The van der Waals surface area contributed by atoms with Gasteiger partial charge in [-0.05, 0) is 12.1 Å². The average molecular weight is 388 g/mol. The summed E-state index contributed by atoms with van der Waals surface area (Å²) in [5, 5.41) is 8.85. The van der Waals surface area contributed by atoms with Crippen molar-refractivity contribution in [3.8, 4) is 0 Å². The predicted molar refractivity (Wildman–Crippen MR) is 104 cm³/mol. The van der Waals surface area contributed by atoms with E-state index >= 15 is 0 Å². The Kier molecular flexibility index (Phi) is 6.33. The molecule has 2 N–H and O–H groups in total. The summed E-state index contributed by atoms with van der Waals surface area (Å²) in [6.45, 7) is 3.11. The van der Waals surface area contributed by atoms with Gasteiger partial charge in [0.05, 0.1) is 5.75 Å². The molecule has 0 saturated carbocycles. The van der Waals surface area contributed by atoms with Crippen LogP contribution in [-0.2, 0) is 23.1 Å². The van der Waals surface area contributed by atoms with Crippen LogP contribution < -0.4 is 10.6 Å². The molecule has 0 unspecified atom stereocenters. The lowest BCUT2D eigenvalue weighted by atomic mass is 10.2. The maximum Gasteiger partial charge on any atom is 0.233 e. The van der Waals surface area contributed by atoms with Gasteiger partial charge in [0, 0.05) is 51.8 Å². The Morgan fingerprint density at radius 2 is 1.81 bits per heavy atom. The molecule has 0 radical (unpaired) electrons. The van der Waals surface area contributed by atoms with Crippen molar-refractivity contribution < 1.29 is 9.59 Å². The van der Waals surface area contributed by atoms with E-state index in [9.17, 15) is 9.59 Å². The molecule has 2 heterocycles. The number of carbonyl (C=O) groups excluding carboxylic acids is 2. The van der Waals surface area contributed by atoms with Crippen LogP contribution in [-0.4, -0.2) is 63.4 Å². The van der Waals surface area contributed by atoms with Crippen molar-refractivity contribution in [3.63, 3.8) is 0 Å². The first-order valence-electron chi connectivity index (χ1n) is 8.91. The van der Waals surface area contributed by atoms with Gasteiger partial charge in [0.1, 0.15) is 5.82 Å². The molecule has 1 fully saturated rings. The number of anilines is 1. The summed E-state index contributed by atoms with van der Waals surface area (Å²) in [5.41, 5.74) is 6.37. The van der Waals surface area contributed by atoms with E-state index in [0.29, 0.717) is 23.2 Å². The van der Waals surface area contributed by atoms with Crippen molar-refractivity contribution in [2.24, 2.45) is 12.8 Å². The quantitative estimate of drug-likeness (QED) is 0.701. The highest BCUT2D eigenvalue weighted by Crippen LogP contribution is 2.19. The van der Waals surface area contributed by atoms with Gasteiger partial charge in [-0.25, -0.2) is 0 Å². The second-order valence-electron chi connectivity index (χ2n) is 6.42. The van der Waals surface area contributed by atoms with Crippen LogP contribution in [0.5, 0.6) is 0 Å². The third kappa shape index (κ3) is 5.00. The van der Waals surface area contributed by atoms with E-state index in [1.165, 1.54) is 17.4 Å². The first-order chi connectivity index (χ1) is 13.0. The summed E-state index contributed by atoms with van der Waals surface area (Å²) in [6.07, 6.45) is 0.691. The maximum atomic E-state index is 12.5. The minimum atomic E-state index is -0.364. The molecule has 0 atom stereocenters. The summed E-state index contributed by atoms with van der Waals surface area (Å²) < 4.78 is 1.81. The van der Waals surface area contributed by atoms with Crippen LogP contribution in [0.1, 0.15) is 12.2 Å². The van der Waals surface area contributed by atoms with Crippen LogP contribution in [0.25, 0.3) is 0 Å². The monoisotopic (exact) mass is 388 g/mol. The lowest BCUT2D eigenvalue weighted by Gasteiger charge is -2.36. The Balaban J connectivity index is 1.47. The Labute approximate surface area is 162 Å². The van der Waals surface area contributed by atoms with E-state index in [1.807, 2.05) is 34.7 Å². The zero-order valence-corrected chi connectivity index (χ0v) is 16.2. The van der Waals surface area contributed by atoms with Crippen molar-refractivity contribution in [2.45, 2.75) is 18.0 Å². The Morgan fingerprint density at radius 1 is 1.11 bits per heavy atom. The fourth-order valence-electron chi connectivity index (χ4n) is 2.99. The normalized spacial score (nSPS) is 14.4. The molecule has 1 saturated heterocycles. The first kappa shape index (κ1) is 19.2. The van der Waals surface area contributed by atoms with Crippen molar-refractivity contribution >= 4 is 29.3 Å². The second kappa shape index (κ2) is 8.90. The molecule has 0 spiro atoms. The summed E-state index contributed by atoms with van der Waals surface area (Å²) in [4.78, 5) is 27.6. The Morgan fingerprint density at radius 3 is 2.48 bits per heavy atom. The van der Waals surface area contributed by atoms with Crippen LogP contribution in [0.15, 0.2) is 35.5 Å². The largest absolute Gasteiger partial charge is 0.370 e. The van der Waals surface area contributed by atoms with E-state index in [2.05, 4.69) is 27.2 Å². The SMILES string of the molecule is Cn1c(CCC(N)=O)nnc1SCC(=O)N1CCN(c2ccccc2)CC1. The van der Waals surface area contributed by atoms with Crippen molar-refractivity contribution in [1.82, 2.24) is 19.7 Å². The molecule has 8 nitrogen and oxygen atoms in total. The molecule has 3 rings (SSSR count). The van der Waals surface area contributed by atoms with Crippen LogP contribution in [0.2, 0.25) is 0 Å². The maximum absolute atomic E-state index is 12.5. The number of aryl methyl sites for hydroxylation is 1. The van der Waals surface area contributed by atoms with Crippen LogP contribution >= 0.6 is 11.8 Å². The van der Waals surface area contributed by atoms with Crippen LogP contribution in [0, 0.1) is 0 Å². The number of aromatic nitrogens is 3. The van der Waals surface area contributed by atoms with E-state index in [0.717, 1.165) is 26.2 Å². The molecule has 1 aromatic heterocycles. The van der Waals surface area contributed by atoms with Gasteiger partial charge in [0.25, 0.3) is 0 Å². The van der Waals surface area contributed by atoms with Crippen molar-refractivity contribution in [3.05, 3.63) is 36.2 Å². The van der Waals surface area contributed by atoms with Crippen molar-refractivity contribution in [1.29, 1.82) is 0 Å². The summed E-state index contributed by atoms with van der Waals surface area (Å²) in [5.74, 6) is 0.763. The van der Waals surface area contributed by atoms with Gasteiger partial charge in [-0.15, -0.1) is 10.2 Å². The van der Waals surface area contributed by atoms with Gasteiger partial charge in [-0.3, -0.25) is 9.59 Å². The van der Waals surface area contributed by atoms with Crippen LogP contribution in [0.3, 0.4) is 0 Å². The molecule has 1 aliphatic rings. The minimum Gasteiger partial charge on any atom is -0.370 e. The van der Waals surface area contributed by atoms with Gasteiger partial charge in [-0.1, -0.05) is 30.0 Å². The lowest BCUT2D eigenvalue weighted by Crippen LogP contribution is -2.49. The number of primary amides is 1. The molecule has 0 aliphatic carbocycles. The molecule has 2 amide bonds. The summed E-state index contributed by atoms with van der Waals surface area (Å²) >= 11 is 1.37.